The van der Waals surface area contributed by atoms with Crippen molar-refractivity contribution in [3.05, 3.63) is 71.2 Å². The molecule has 2 saturated heterocycles. The summed E-state index contributed by atoms with van der Waals surface area (Å²) in [5, 5.41) is 15.7. The number of hydrogen-bond acceptors (Lipinski definition) is 7. The fourth-order valence-electron chi connectivity index (χ4n) is 4.49. The highest BCUT2D eigenvalue weighted by Gasteiger charge is 2.45. The van der Waals surface area contributed by atoms with Crippen molar-refractivity contribution < 1.29 is 18.7 Å². The number of halogens is 1. The number of hydrogen-bond donors (Lipinski definition) is 4. The number of carbonyl (C=O) groups is 2. The summed E-state index contributed by atoms with van der Waals surface area (Å²) in [6.07, 6.45) is -1.01. The highest BCUT2D eigenvalue weighted by molar-refractivity contribution is 5.91. The van der Waals surface area contributed by atoms with Gasteiger partial charge in [0, 0.05) is 12.6 Å². The van der Waals surface area contributed by atoms with Gasteiger partial charge in [-0.2, -0.15) is 5.10 Å². The number of hydrazine groups is 1. The van der Waals surface area contributed by atoms with Gasteiger partial charge in [0.05, 0.1) is 17.3 Å². The molecule has 0 radical (unpaired) electrons. The third-order valence-electron chi connectivity index (χ3n) is 6.47. The monoisotopic (exact) mass is 493 g/mol. The molecule has 3 heterocycles. The second kappa shape index (κ2) is 9.59. The molecule has 2 aliphatic rings. The van der Waals surface area contributed by atoms with E-state index >= 15 is 0 Å². The van der Waals surface area contributed by atoms with Gasteiger partial charge in [-0.05, 0) is 62.2 Å². The smallest absolute Gasteiger partial charge is 0.263 e. The van der Waals surface area contributed by atoms with Crippen LogP contribution < -0.4 is 31.1 Å². The van der Waals surface area contributed by atoms with E-state index in [9.17, 15) is 14.0 Å². The molecule has 0 saturated carbocycles. The number of anilines is 2. The number of ether oxygens (including phenoxy) is 1. The van der Waals surface area contributed by atoms with Gasteiger partial charge >= 0.3 is 0 Å². The zero-order valence-electron chi connectivity index (χ0n) is 20.2. The Morgan fingerprint density at radius 1 is 1.19 bits per heavy atom. The quantitative estimate of drug-likeness (QED) is 0.416. The molecular weight excluding hydrogens is 465 g/mol. The number of carbonyl (C=O) groups excluding carboxylic acids is 2. The lowest BCUT2D eigenvalue weighted by Crippen LogP contribution is -2.62. The van der Waals surface area contributed by atoms with Gasteiger partial charge in [-0.25, -0.2) is 14.5 Å². The summed E-state index contributed by atoms with van der Waals surface area (Å²) >= 11 is 0. The van der Waals surface area contributed by atoms with Crippen molar-refractivity contribution in [2.45, 2.75) is 33.2 Å². The topological polar surface area (TPSA) is 113 Å². The van der Waals surface area contributed by atoms with Gasteiger partial charge in [0.15, 0.2) is 12.9 Å². The van der Waals surface area contributed by atoms with Crippen molar-refractivity contribution in [3.8, 4) is 5.75 Å². The number of fused-ring (bicyclic) bond motifs is 1. The SMILES string of the molecule is Cc1cc(NC(=O)COc2ccc(F)cc2)n(C2NC(=O)C3CNN(c4cccc(C)c4C)C3N2)n1. The molecule has 2 fully saturated rings. The highest BCUT2D eigenvalue weighted by atomic mass is 19.1. The normalized spacial score (nSPS) is 21.2. The van der Waals surface area contributed by atoms with E-state index in [0.717, 1.165) is 16.8 Å². The minimum atomic E-state index is -0.687. The van der Waals surface area contributed by atoms with Gasteiger partial charge in [-0.1, -0.05) is 12.1 Å². The maximum atomic E-state index is 13.1. The summed E-state index contributed by atoms with van der Waals surface area (Å²) in [6, 6.07) is 13.2. The van der Waals surface area contributed by atoms with Crippen molar-refractivity contribution in [2.24, 2.45) is 5.92 Å². The Hall–Kier alpha value is -3.96. The summed E-state index contributed by atoms with van der Waals surface area (Å²) in [5.74, 6) is -0.442. The first-order valence-electron chi connectivity index (χ1n) is 11.7. The van der Waals surface area contributed by atoms with E-state index in [1.54, 1.807) is 17.7 Å². The van der Waals surface area contributed by atoms with Crippen LogP contribution >= 0.6 is 0 Å². The van der Waals surface area contributed by atoms with Crippen LogP contribution in [-0.4, -0.2) is 40.9 Å². The molecule has 188 valence electrons. The Kier molecular flexibility index (Phi) is 6.33. The van der Waals surface area contributed by atoms with Gasteiger partial charge in [-0.15, -0.1) is 0 Å². The van der Waals surface area contributed by atoms with E-state index in [0.29, 0.717) is 23.8 Å². The van der Waals surface area contributed by atoms with Crippen LogP contribution in [0.25, 0.3) is 0 Å². The number of aromatic nitrogens is 2. The first-order chi connectivity index (χ1) is 17.3. The minimum absolute atomic E-state index is 0.117. The van der Waals surface area contributed by atoms with Gasteiger partial charge in [0.25, 0.3) is 5.91 Å². The van der Waals surface area contributed by atoms with E-state index < -0.39 is 12.2 Å². The lowest BCUT2D eigenvalue weighted by atomic mass is 10.0. The van der Waals surface area contributed by atoms with Crippen molar-refractivity contribution >= 4 is 23.3 Å². The second-order valence-electron chi connectivity index (χ2n) is 8.99. The van der Waals surface area contributed by atoms with Crippen LogP contribution in [0.15, 0.2) is 48.5 Å². The van der Waals surface area contributed by atoms with Crippen molar-refractivity contribution in [1.29, 1.82) is 0 Å². The Bertz CT molecular complexity index is 1290. The number of rotatable bonds is 6. The average Bonchev–Trinajstić information content (AvgIpc) is 3.44. The van der Waals surface area contributed by atoms with Crippen molar-refractivity contribution in [2.75, 3.05) is 23.5 Å². The van der Waals surface area contributed by atoms with Gasteiger partial charge in [0.2, 0.25) is 5.91 Å². The molecule has 3 unspecified atom stereocenters. The number of nitrogens with zero attached hydrogens (tertiary/aromatic N) is 3. The standard InChI is InChI=1S/C25H28FN7O3/c1-14-5-4-6-20(16(14)3)32-23-19(12-27-32)24(35)30-25(29-23)33-21(11-15(2)31-33)28-22(34)13-36-18-9-7-17(26)8-10-18/h4-11,19,23,25,27,29H,12-13H2,1-3H3,(H,28,34)(H,30,35). The number of amides is 2. The van der Waals surface area contributed by atoms with E-state index in [4.69, 9.17) is 4.74 Å². The Balaban J connectivity index is 1.32. The van der Waals surface area contributed by atoms with Crippen LogP contribution in [0.2, 0.25) is 0 Å². The molecule has 10 nitrogen and oxygen atoms in total. The zero-order valence-corrected chi connectivity index (χ0v) is 20.2. The Morgan fingerprint density at radius 2 is 1.97 bits per heavy atom. The van der Waals surface area contributed by atoms with Crippen LogP contribution in [0, 0.1) is 32.5 Å². The summed E-state index contributed by atoms with van der Waals surface area (Å²) in [7, 11) is 0. The summed E-state index contributed by atoms with van der Waals surface area (Å²) in [5.41, 5.74) is 7.28. The van der Waals surface area contributed by atoms with E-state index in [-0.39, 0.29) is 30.4 Å². The lowest BCUT2D eigenvalue weighted by molar-refractivity contribution is -0.129. The minimum Gasteiger partial charge on any atom is -0.484 e. The molecule has 3 aromatic rings. The first-order valence-corrected chi connectivity index (χ1v) is 11.7. The number of benzene rings is 2. The molecule has 2 amide bonds. The predicted molar refractivity (Wildman–Crippen MR) is 131 cm³/mol. The van der Waals surface area contributed by atoms with Gasteiger partial charge < -0.3 is 15.4 Å². The molecule has 0 aliphatic carbocycles. The molecule has 3 atom stereocenters. The van der Waals surface area contributed by atoms with Crippen LogP contribution in [-0.2, 0) is 9.59 Å². The first kappa shape index (κ1) is 23.8. The predicted octanol–water partition coefficient (Wildman–Crippen LogP) is 2.11. The molecule has 36 heavy (non-hydrogen) atoms. The molecule has 0 bridgehead atoms. The fraction of sp³-hybridized carbons (Fsp3) is 0.320. The number of nitrogens with one attached hydrogen (secondary N) is 4. The molecule has 5 rings (SSSR count). The van der Waals surface area contributed by atoms with E-state index in [1.807, 2.05) is 17.1 Å². The summed E-state index contributed by atoms with van der Waals surface area (Å²) in [6.45, 7) is 6.13. The van der Waals surface area contributed by atoms with E-state index in [2.05, 4.69) is 46.4 Å². The summed E-state index contributed by atoms with van der Waals surface area (Å²) < 4.78 is 20.1. The molecule has 0 spiro atoms. The molecular formula is C25H28FN7O3. The zero-order chi connectivity index (χ0) is 25.4. The van der Waals surface area contributed by atoms with Crippen LogP contribution in [0.1, 0.15) is 23.1 Å². The van der Waals surface area contributed by atoms with Gasteiger partial charge in [0.1, 0.15) is 23.6 Å². The lowest BCUT2D eigenvalue weighted by Gasteiger charge is -2.38. The maximum Gasteiger partial charge on any atom is 0.263 e. The molecule has 2 aliphatic heterocycles. The van der Waals surface area contributed by atoms with E-state index in [1.165, 1.54) is 24.3 Å². The van der Waals surface area contributed by atoms with Crippen LogP contribution in [0.4, 0.5) is 15.9 Å². The van der Waals surface area contributed by atoms with Crippen LogP contribution in [0.3, 0.4) is 0 Å². The Morgan fingerprint density at radius 3 is 2.75 bits per heavy atom. The van der Waals surface area contributed by atoms with Gasteiger partial charge in [-0.3, -0.25) is 19.9 Å². The highest BCUT2D eigenvalue weighted by Crippen LogP contribution is 2.31. The summed E-state index contributed by atoms with van der Waals surface area (Å²) in [4.78, 5) is 25.6. The third kappa shape index (κ3) is 4.62. The fourth-order valence-corrected chi connectivity index (χ4v) is 4.49. The molecule has 11 heteroatoms. The Labute approximate surface area is 207 Å². The largest absolute Gasteiger partial charge is 0.484 e. The maximum absolute atomic E-state index is 13.1. The molecule has 4 N–H and O–H groups in total. The number of aryl methyl sites for hydroxylation is 2. The van der Waals surface area contributed by atoms with Crippen molar-refractivity contribution in [1.82, 2.24) is 25.8 Å². The molecule has 2 aromatic carbocycles. The van der Waals surface area contributed by atoms with Crippen LogP contribution in [0.5, 0.6) is 5.75 Å². The van der Waals surface area contributed by atoms with Crippen molar-refractivity contribution in [3.63, 3.8) is 0 Å². The molecule has 1 aromatic heterocycles. The average molecular weight is 494 g/mol. The third-order valence-corrected chi connectivity index (χ3v) is 6.47. The second-order valence-corrected chi connectivity index (χ2v) is 8.99.